The highest BCUT2D eigenvalue weighted by Gasteiger charge is 2.33. The molecule has 2 rings (SSSR count). The molecule has 2 nitrogen and oxygen atoms in total. The van der Waals surface area contributed by atoms with E-state index in [0.29, 0.717) is 0 Å². The highest BCUT2D eigenvalue weighted by Crippen LogP contribution is 2.46. The summed E-state index contributed by atoms with van der Waals surface area (Å²) in [6.45, 7) is 4.07. The topological polar surface area (TPSA) is 40.5 Å². The number of halogens is 4. The van der Waals surface area contributed by atoms with Crippen molar-refractivity contribution >= 4 is 46.4 Å². The SMILES string of the molecule is CCC(CC)(c1cc(Cl)c(O)c(Cl)c1)c1cc(Cl)c(O)c(Cl)c1. The first-order valence-electron chi connectivity index (χ1n) is 7.13. The molecule has 2 N–H and O–H groups in total. The van der Waals surface area contributed by atoms with Crippen molar-refractivity contribution in [2.24, 2.45) is 0 Å². The largest absolute Gasteiger partial charge is 0.505 e. The summed E-state index contributed by atoms with van der Waals surface area (Å²) in [5, 5.41) is 20.4. The van der Waals surface area contributed by atoms with Crippen molar-refractivity contribution in [1.29, 1.82) is 0 Å². The molecule has 0 aliphatic rings. The van der Waals surface area contributed by atoms with E-state index in [-0.39, 0.29) is 31.6 Å². The van der Waals surface area contributed by atoms with E-state index in [4.69, 9.17) is 46.4 Å². The molecule has 2 aromatic carbocycles. The van der Waals surface area contributed by atoms with E-state index >= 15 is 0 Å². The molecule has 0 unspecified atom stereocenters. The van der Waals surface area contributed by atoms with Gasteiger partial charge in [0.15, 0.2) is 11.5 Å². The van der Waals surface area contributed by atoms with E-state index in [1.165, 1.54) is 0 Å². The Bertz CT molecular complexity index is 634. The maximum atomic E-state index is 9.80. The van der Waals surface area contributed by atoms with Crippen LogP contribution < -0.4 is 0 Å². The lowest BCUT2D eigenvalue weighted by molar-refractivity contribution is 0.461. The third kappa shape index (κ3) is 3.23. The van der Waals surface area contributed by atoms with Gasteiger partial charge >= 0.3 is 0 Å². The average molecular weight is 394 g/mol. The van der Waals surface area contributed by atoms with Crippen molar-refractivity contribution in [2.75, 3.05) is 0 Å². The second kappa shape index (κ2) is 6.98. The number of hydrogen-bond acceptors (Lipinski definition) is 2. The van der Waals surface area contributed by atoms with Crippen LogP contribution in [0.2, 0.25) is 20.1 Å². The molecular weight excluding hydrogens is 378 g/mol. The van der Waals surface area contributed by atoms with E-state index in [9.17, 15) is 10.2 Å². The maximum absolute atomic E-state index is 9.80. The highest BCUT2D eigenvalue weighted by atomic mass is 35.5. The molecule has 0 saturated carbocycles. The van der Waals surface area contributed by atoms with Crippen molar-refractivity contribution in [3.8, 4) is 11.5 Å². The summed E-state index contributed by atoms with van der Waals surface area (Å²) in [7, 11) is 0. The van der Waals surface area contributed by atoms with Gasteiger partial charge in [-0.3, -0.25) is 0 Å². The predicted octanol–water partition coefficient (Wildman–Crippen LogP) is 6.82. The van der Waals surface area contributed by atoms with Gasteiger partial charge in [0.1, 0.15) is 0 Å². The molecule has 0 heterocycles. The molecule has 0 radical (unpaired) electrons. The van der Waals surface area contributed by atoms with Crippen LogP contribution in [-0.2, 0) is 5.41 Å². The number of phenolic OH excluding ortho intramolecular Hbond substituents is 2. The lowest BCUT2D eigenvalue weighted by Gasteiger charge is -2.34. The van der Waals surface area contributed by atoms with Gasteiger partial charge in [-0.15, -0.1) is 0 Å². The van der Waals surface area contributed by atoms with Crippen molar-refractivity contribution in [1.82, 2.24) is 0 Å². The fraction of sp³-hybridized carbons (Fsp3) is 0.294. The maximum Gasteiger partial charge on any atom is 0.152 e. The minimum Gasteiger partial charge on any atom is -0.505 e. The molecule has 0 atom stereocenters. The van der Waals surface area contributed by atoms with E-state index in [2.05, 4.69) is 0 Å². The lowest BCUT2D eigenvalue weighted by atomic mass is 9.70. The van der Waals surface area contributed by atoms with Crippen LogP contribution in [0, 0.1) is 0 Å². The van der Waals surface area contributed by atoms with Gasteiger partial charge in [0.05, 0.1) is 20.1 Å². The van der Waals surface area contributed by atoms with Gasteiger partial charge in [0.2, 0.25) is 0 Å². The summed E-state index contributed by atoms with van der Waals surface area (Å²) in [5.41, 5.74) is 1.27. The Hall–Kier alpha value is -0.800. The average Bonchev–Trinajstić information content (AvgIpc) is 2.51. The first kappa shape index (κ1) is 18.5. The fourth-order valence-electron chi connectivity index (χ4n) is 2.92. The molecule has 0 aliphatic carbocycles. The van der Waals surface area contributed by atoms with Crippen molar-refractivity contribution < 1.29 is 10.2 Å². The molecule has 23 heavy (non-hydrogen) atoms. The standard InChI is InChI=1S/C17H16Cl4O2/c1-3-17(4-2,9-5-11(18)15(22)12(19)6-9)10-7-13(20)16(23)14(21)8-10/h5-8,22-23H,3-4H2,1-2H3. The Morgan fingerprint density at radius 3 is 1.17 bits per heavy atom. The number of benzene rings is 2. The smallest absolute Gasteiger partial charge is 0.152 e. The van der Waals surface area contributed by atoms with Crippen molar-refractivity contribution in [3.63, 3.8) is 0 Å². The Morgan fingerprint density at radius 1 is 0.696 bits per heavy atom. The van der Waals surface area contributed by atoms with Crippen LogP contribution >= 0.6 is 46.4 Å². The van der Waals surface area contributed by atoms with Gasteiger partial charge in [-0.05, 0) is 48.2 Å². The van der Waals surface area contributed by atoms with Crippen molar-refractivity contribution in [3.05, 3.63) is 55.5 Å². The third-order valence-electron chi connectivity index (χ3n) is 4.35. The molecule has 0 spiro atoms. The van der Waals surface area contributed by atoms with Crippen LogP contribution in [-0.4, -0.2) is 10.2 Å². The van der Waals surface area contributed by atoms with E-state index < -0.39 is 5.41 Å². The first-order chi connectivity index (χ1) is 10.8. The zero-order chi connectivity index (χ0) is 17.4. The molecule has 0 aromatic heterocycles. The Balaban J connectivity index is 2.74. The number of rotatable bonds is 4. The first-order valence-corrected chi connectivity index (χ1v) is 8.65. The molecule has 6 heteroatoms. The summed E-state index contributed by atoms with van der Waals surface area (Å²) in [6, 6.07) is 6.80. The minimum atomic E-state index is -0.442. The molecule has 0 fully saturated rings. The molecular formula is C17H16Cl4O2. The van der Waals surface area contributed by atoms with E-state index in [1.807, 2.05) is 13.8 Å². The zero-order valence-electron chi connectivity index (χ0n) is 12.6. The van der Waals surface area contributed by atoms with E-state index in [0.717, 1.165) is 24.0 Å². The summed E-state index contributed by atoms with van der Waals surface area (Å²) in [5.74, 6) is -0.278. The predicted molar refractivity (Wildman–Crippen MR) is 97.6 cm³/mol. The van der Waals surface area contributed by atoms with Crippen LogP contribution in [0.3, 0.4) is 0 Å². The van der Waals surface area contributed by atoms with Gasteiger partial charge in [-0.25, -0.2) is 0 Å². The second-order valence-electron chi connectivity index (χ2n) is 5.37. The molecule has 2 aromatic rings. The van der Waals surface area contributed by atoms with Crippen LogP contribution in [0.1, 0.15) is 37.8 Å². The van der Waals surface area contributed by atoms with Gasteiger partial charge in [0.25, 0.3) is 0 Å². The lowest BCUT2D eigenvalue weighted by Crippen LogP contribution is -2.26. The normalized spacial score (nSPS) is 11.7. The molecule has 0 saturated heterocycles. The summed E-state index contributed by atoms with van der Waals surface area (Å²) >= 11 is 24.4. The van der Waals surface area contributed by atoms with Crippen LogP contribution in [0.5, 0.6) is 11.5 Å². The Labute approximate surface area is 155 Å². The van der Waals surface area contributed by atoms with E-state index in [1.54, 1.807) is 24.3 Å². The summed E-state index contributed by atoms with van der Waals surface area (Å²) in [4.78, 5) is 0. The highest BCUT2D eigenvalue weighted by molar-refractivity contribution is 6.37. The van der Waals surface area contributed by atoms with Gasteiger partial charge in [-0.2, -0.15) is 0 Å². The minimum absolute atomic E-state index is 0.139. The van der Waals surface area contributed by atoms with Crippen molar-refractivity contribution in [2.45, 2.75) is 32.1 Å². The molecule has 0 bridgehead atoms. The molecule has 0 amide bonds. The quantitative estimate of drug-likeness (QED) is 0.598. The van der Waals surface area contributed by atoms with Gasteiger partial charge < -0.3 is 10.2 Å². The summed E-state index contributed by atoms with van der Waals surface area (Å²) < 4.78 is 0. The van der Waals surface area contributed by atoms with Gasteiger partial charge in [-0.1, -0.05) is 60.3 Å². The van der Waals surface area contributed by atoms with Crippen LogP contribution in [0.4, 0.5) is 0 Å². The third-order valence-corrected chi connectivity index (χ3v) is 5.50. The second-order valence-corrected chi connectivity index (χ2v) is 7.00. The monoisotopic (exact) mass is 392 g/mol. The molecule has 124 valence electrons. The number of hydrogen-bond donors (Lipinski definition) is 2. The Kier molecular flexibility index (Phi) is 5.63. The zero-order valence-corrected chi connectivity index (χ0v) is 15.7. The Morgan fingerprint density at radius 2 is 0.957 bits per heavy atom. The summed E-state index contributed by atoms with van der Waals surface area (Å²) in [6.07, 6.45) is 1.47. The van der Waals surface area contributed by atoms with Crippen LogP contribution in [0.25, 0.3) is 0 Å². The van der Waals surface area contributed by atoms with Gasteiger partial charge in [0, 0.05) is 5.41 Å². The number of aromatic hydroxyl groups is 2. The van der Waals surface area contributed by atoms with Crippen LogP contribution in [0.15, 0.2) is 24.3 Å². The number of phenols is 2. The molecule has 0 aliphatic heterocycles. The fourth-order valence-corrected chi connectivity index (χ4v) is 3.89.